The number of nitrogens with one attached hydrogen (secondary N) is 1. The topological polar surface area (TPSA) is 82.6 Å². The lowest BCUT2D eigenvalue weighted by atomic mass is 10.1. The molecule has 3 heterocycles. The normalized spacial score (nSPS) is 10.9. The summed E-state index contributed by atoms with van der Waals surface area (Å²) in [5, 5.41) is 15.7. The number of carbonyl (C=O) groups is 1. The highest BCUT2D eigenvalue weighted by atomic mass is 79.9. The first-order valence-electron chi connectivity index (χ1n) is 8.67. The molecule has 0 aliphatic carbocycles. The second-order valence-corrected chi connectivity index (χ2v) is 7.27. The van der Waals surface area contributed by atoms with Gasteiger partial charge in [-0.1, -0.05) is 24.3 Å². The first-order chi connectivity index (χ1) is 13.6. The van der Waals surface area contributed by atoms with Crippen molar-refractivity contribution in [2.45, 2.75) is 20.1 Å². The third kappa shape index (κ3) is 4.20. The highest BCUT2D eigenvalue weighted by Crippen LogP contribution is 2.11. The Morgan fingerprint density at radius 2 is 1.89 bits per heavy atom. The molecule has 4 aromatic rings. The molecule has 0 saturated carbocycles. The largest absolute Gasteiger partial charge is 0.304 e. The summed E-state index contributed by atoms with van der Waals surface area (Å²) in [6.07, 6.45) is 7.12. The predicted octanol–water partition coefficient (Wildman–Crippen LogP) is 3.15. The van der Waals surface area contributed by atoms with Crippen LogP contribution in [0.2, 0.25) is 0 Å². The number of carbonyl (C=O) groups excluding carboxylic acids is 1. The highest BCUT2D eigenvalue weighted by molar-refractivity contribution is 9.10. The van der Waals surface area contributed by atoms with Crippen molar-refractivity contribution in [1.82, 2.24) is 29.3 Å². The Hall–Kier alpha value is -3.20. The molecule has 0 bridgehead atoms. The average molecular weight is 440 g/mol. The molecule has 0 saturated heterocycles. The van der Waals surface area contributed by atoms with Crippen LogP contribution in [0.15, 0.2) is 65.7 Å². The van der Waals surface area contributed by atoms with E-state index in [2.05, 4.69) is 55.6 Å². The standard InChI is InChI=1S/C19H18BrN7O/c1-14-4-2-3-5-15(14)11-25-9-7-18(24-25)22-19(28)17-6-8-26(23-17)13-27-12-16(20)10-21-27/h2-10,12H,11,13H2,1H3,(H,22,24,28). The molecule has 1 amide bonds. The molecule has 0 fully saturated rings. The SMILES string of the molecule is Cc1ccccc1Cn1ccc(NC(=O)c2ccn(Cn3cc(Br)cn3)n2)n1. The number of amides is 1. The minimum Gasteiger partial charge on any atom is -0.304 e. The van der Waals surface area contributed by atoms with E-state index in [1.54, 1.807) is 38.6 Å². The number of benzene rings is 1. The van der Waals surface area contributed by atoms with Crippen LogP contribution in [0.3, 0.4) is 0 Å². The first-order valence-corrected chi connectivity index (χ1v) is 9.47. The fourth-order valence-electron chi connectivity index (χ4n) is 2.78. The van der Waals surface area contributed by atoms with Crippen LogP contribution in [-0.4, -0.2) is 35.2 Å². The Labute approximate surface area is 169 Å². The summed E-state index contributed by atoms with van der Waals surface area (Å²) in [5.41, 5.74) is 2.71. The van der Waals surface area contributed by atoms with Gasteiger partial charge in [-0.15, -0.1) is 0 Å². The van der Waals surface area contributed by atoms with Gasteiger partial charge in [-0.2, -0.15) is 15.3 Å². The number of nitrogens with zero attached hydrogens (tertiary/aromatic N) is 6. The van der Waals surface area contributed by atoms with Gasteiger partial charge in [-0.05, 0) is 40.0 Å². The Kier molecular flexibility index (Phi) is 5.07. The summed E-state index contributed by atoms with van der Waals surface area (Å²) in [4.78, 5) is 12.4. The molecule has 28 heavy (non-hydrogen) atoms. The predicted molar refractivity (Wildman–Crippen MR) is 108 cm³/mol. The average Bonchev–Trinajstić information content (AvgIpc) is 3.40. The van der Waals surface area contributed by atoms with E-state index in [4.69, 9.17) is 0 Å². The minimum absolute atomic E-state index is 0.304. The van der Waals surface area contributed by atoms with Gasteiger partial charge in [-0.3, -0.25) is 14.2 Å². The van der Waals surface area contributed by atoms with Crippen molar-refractivity contribution in [3.05, 3.63) is 82.5 Å². The molecule has 0 unspecified atom stereocenters. The molecular formula is C19H18BrN7O. The third-order valence-electron chi connectivity index (χ3n) is 4.24. The molecule has 142 valence electrons. The molecule has 1 aromatic carbocycles. The number of halogens is 1. The highest BCUT2D eigenvalue weighted by Gasteiger charge is 2.12. The maximum atomic E-state index is 12.4. The van der Waals surface area contributed by atoms with Gasteiger partial charge in [0.15, 0.2) is 11.5 Å². The van der Waals surface area contributed by atoms with E-state index in [0.29, 0.717) is 24.7 Å². The molecule has 9 heteroatoms. The number of aromatic nitrogens is 6. The smallest absolute Gasteiger partial charge is 0.277 e. The van der Waals surface area contributed by atoms with Crippen LogP contribution in [0.5, 0.6) is 0 Å². The van der Waals surface area contributed by atoms with Crippen LogP contribution in [0.25, 0.3) is 0 Å². The monoisotopic (exact) mass is 439 g/mol. The fraction of sp³-hybridized carbons (Fsp3) is 0.158. The van der Waals surface area contributed by atoms with Crippen molar-refractivity contribution in [3.8, 4) is 0 Å². The first kappa shape index (κ1) is 18.2. The number of rotatable bonds is 6. The van der Waals surface area contributed by atoms with Crippen molar-refractivity contribution in [2.24, 2.45) is 0 Å². The number of hydrogen-bond acceptors (Lipinski definition) is 4. The minimum atomic E-state index is -0.304. The van der Waals surface area contributed by atoms with Crippen LogP contribution >= 0.6 is 15.9 Å². The molecular weight excluding hydrogens is 422 g/mol. The Balaban J connectivity index is 1.39. The van der Waals surface area contributed by atoms with Gasteiger partial charge < -0.3 is 5.32 Å². The molecule has 0 atom stereocenters. The van der Waals surface area contributed by atoms with E-state index in [-0.39, 0.29) is 5.91 Å². The molecule has 0 spiro atoms. The molecule has 4 rings (SSSR count). The lowest BCUT2D eigenvalue weighted by Gasteiger charge is -2.05. The van der Waals surface area contributed by atoms with Crippen molar-refractivity contribution < 1.29 is 4.79 Å². The van der Waals surface area contributed by atoms with Crippen LogP contribution in [0.1, 0.15) is 21.6 Å². The number of aryl methyl sites for hydroxylation is 1. The maximum Gasteiger partial charge on any atom is 0.277 e. The van der Waals surface area contributed by atoms with Gasteiger partial charge in [0, 0.05) is 24.7 Å². The van der Waals surface area contributed by atoms with Crippen LogP contribution in [0, 0.1) is 6.92 Å². The summed E-state index contributed by atoms with van der Waals surface area (Å²) in [7, 11) is 0. The van der Waals surface area contributed by atoms with Crippen LogP contribution < -0.4 is 5.32 Å². The molecule has 0 aliphatic rings. The summed E-state index contributed by atoms with van der Waals surface area (Å²) in [6, 6.07) is 11.6. The quantitative estimate of drug-likeness (QED) is 0.500. The molecule has 8 nitrogen and oxygen atoms in total. The van der Waals surface area contributed by atoms with Gasteiger partial charge in [0.25, 0.3) is 5.91 Å². The van der Waals surface area contributed by atoms with Gasteiger partial charge in [0.2, 0.25) is 0 Å². The number of anilines is 1. The van der Waals surface area contributed by atoms with Gasteiger partial charge in [-0.25, -0.2) is 4.68 Å². The Bertz CT molecular complexity index is 1110. The fourth-order valence-corrected chi connectivity index (χ4v) is 3.11. The van der Waals surface area contributed by atoms with E-state index < -0.39 is 0 Å². The van der Waals surface area contributed by atoms with Crippen LogP contribution in [-0.2, 0) is 13.2 Å². The summed E-state index contributed by atoms with van der Waals surface area (Å²) in [5.74, 6) is 0.186. The zero-order valence-electron chi connectivity index (χ0n) is 15.2. The zero-order valence-corrected chi connectivity index (χ0v) is 16.7. The van der Waals surface area contributed by atoms with E-state index in [1.807, 2.05) is 24.5 Å². The van der Waals surface area contributed by atoms with Crippen molar-refractivity contribution >= 4 is 27.7 Å². The summed E-state index contributed by atoms with van der Waals surface area (Å²) >= 11 is 3.35. The lowest BCUT2D eigenvalue weighted by Crippen LogP contribution is -2.15. The second kappa shape index (κ2) is 7.81. The van der Waals surface area contributed by atoms with Gasteiger partial charge >= 0.3 is 0 Å². The second-order valence-electron chi connectivity index (χ2n) is 6.36. The van der Waals surface area contributed by atoms with Crippen LogP contribution in [0.4, 0.5) is 5.82 Å². The third-order valence-corrected chi connectivity index (χ3v) is 4.65. The zero-order chi connectivity index (χ0) is 19.5. The van der Waals surface area contributed by atoms with Gasteiger partial charge in [0.1, 0.15) is 6.67 Å². The number of hydrogen-bond donors (Lipinski definition) is 1. The van der Waals surface area contributed by atoms with Crippen molar-refractivity contribution in [1.29, 1.82) is 0 Å². The Morgan fingerprint density at radius 1 is 1.07 bits per heavy atom. The molecule has 3 aromatic heterocycles. The van der Waals surface area contributed by atoms with E-state index >= 15 is 0 Å². The van der Waals surface area contributed by atoms with Gasteiger partial charge in [0.05, 0.1) is 17.2 Å². The van der Waals surface area contributed by atoms with Crippen molar-refractivity contribution in [2.75, 3.05) is 5.32 Å². The Morgan fingerprint density at radius 3 is 2.68 bits per heavy atom. The lowest BCUT2D eigenvalue weighted by molar-refractivity contribution is 0.102. The molecule has 1 N–H and O–H groups in total. The molecule has 0 aliphatic heterocycles. The molecule has 0 radical (unpaired) electrons. The maximum absolute atomic E-state index is 12.4. The van der Waals surface area contributed by atoms with Crippen molar-refractivity contribution in [3.63, 3.8) is 0 Å². The summed E-state index contributed by atoms with van der Waals surface area (Å²) < 4.78 is 6.04. The van der Waals surface area contributed by atoms with E-state index in [9.17, 15) is 4.79 Å². The van der Waals surface area contributed by atoms with E-state index in [0.717, 1.165) is 4.47 Å². The van der Waals surface area contributed by atoms with E-state index in [1.165, 1.54) is 11.1 Å². The summed E-state index contributed by atoms with van der Waals surface area (Å²) in [6.45, 7) is 3.14.